The van der Waals surface area contributed by atoms with E-state index in [-0.39, 0.29) is 12.5 Å². The van der Waals surface area contributed by atoms with Crippen LogP contribution in [0.3, 0.4) is 0 Å². The predicted octanol–water partition coefficient (Wildman–Crippen LogP) is 2.64. The molecule has 0 bridgehead atoms. The van der Waals surface area contributed by atoms with Crippen molar-refractivity contribution in [3.8, 4) is 0 Å². The minimum atomic E-state index is -0.787. The van der Waals surface area contributed by atoms with E-state index < -0.39 is 5.97 Å². The summed E-state index contributed by atoms with van der Waals surface area (Å²) in [6.07, 6.45) is 6.61. The maximum absolute atomic E-state index is 10.5. The molecule has 0 heterocycles. The highest BCUT2D eigenvalue weighted by Crippen LogP contribution is 2.35. The second-order valence-electron chi connectivity index (χ2n) is 5.60. The Hall–Kier alpha value is -0.570. The lowest BCUT2D eigenvalue weighted by Gasteiger charge is -2.22. The van der Waals surface area contributed by atoms with Gasteiger partial charge in [0.25, 0.3) is 0 Å². The molecule has 3 heteroatoms. The van der Waals surface area contributed by atoms with Crippen LogP contribution in [0.25, 0.3) is 0 Å². The van der Waals surface area contributed by atoms with E-state index in [2.05, 4.69) is 13.8 Å². The lowest BCUT2D eigenvalue weighted by Crippen LogP contribution is -2.31. The van der Waals surface area contributed by atoms with Gasteiger partial charge in [0, 0.05) is 6.04 Å². The van der Waals surface area contributed by atoms with Gasteiger partial charge < -0.3 is 10.8 Å². The van der Waals surface area contributed by atoms with Crippen LogP contribution in [0.4, 0.5) is 0 Å². The monoisotopic (exact) mass is 227 g/mol. The molecule has 3 N–H and O–H groups in total. The Morgan fingerprint density at radius 3 is 2.56 bits per heavy atom. The first kappa shape index (κ1) is 13.5. The van der Waals surface area contributed by atoms with Gasteiger partial charge in [-0.05, 0) is 24.2 Å². The molecule has 0 aromatic heterocycles. The average molecular weight is 227 g/mol. The number of carboxylic acids is 1. The van der Waals surface area contributed by atoms with E-state index in [0.29, 0.717) is 11.8 Å². The summed E-state index contributed by atoms with van der Waals surface area (Å²) in [6.45, 7) is 4.33. The summed E-state index contributed by atoms with van der Waals surface area (Å²) in [7, 11) is 0. The highest BCUT2D eigenvalue weighted by Gasteiger charge is 2.23. The third-order valence-corrected chi connectivity index (χ3v) is 3.68. The number of carbonyl (C=O) groups is 1. The second-order valence-corrected chi connectivity index (χ2v) is 5.60. The molecule has 0 amide bonds. The van der Waals surface area contributed by atoms with Crippen molar-refractivity contribution in [2.75, 3.05) is 0 Å². The lowest BCUT2D eigenvalue weighted by atomic mass is 9.87. The molecule has 1 saturated carbocycles. The van der Waals surface area contributed by atoms with Crippen molar-refractivity contribution in [3.05, 3.63) is 0 Å². The first-order valence-electron chi connectivity index (χ1n) is 6.46. The number of hydrogen-bond donors (Lipinski definition) is 2. The van der Waals surface area contributed by atoms with Crippen molar-refractivity contribution in [1.29, 1.82) is 0 Å². The molecular weight excluding hydrogens is 202 g/mol. The van der Waals surface area contributed by atoms with E-state index in [1.807, 2.05) is 0 Å². The summed E-state index contributed by atoms with van der Waals surface area (Å²) < 4.78 is 0. The highest BCUT2D eigenvalue weighted by molar-refractivity contribution is 5.67. The first-order chi connectivity index (χ1) is 7.49. The molecule has 0 spiro atoms. The van der Waals surface area contributed by atoms with Gasteiger partial charge in [-0.3, -0.25) is 4.79 Å². The summed E-state index contributed by atoms with van der Waals surface area (Å²) in [5.74, 6) is 1.19. The van der Waals surface area contributed by atoms with Crippen LogP contribution in [-0.4, -0.2) is 17.1 Å². The van der Waals surface area contributed by atoms with Gasteiger partial charge in [-0.15, -0.1) is 0 Å². The van der Waals surface area contributed by atoms with E-state index >= 15 is 0 Å². The molecule has 0 aliphatic heterocycles. The van der Waals surface area contributed by atoms with Crippen LogP contribution in [-0.2, 0) is 4.79 Å². The van der Waals surface area contributed by atoms with Crippen LogP contribution >= 0.6 is 0 Å². The summed E-state index contributed by atoms with van der Waals surface area (Å²) in [6, 6.07) is -0.194. The maximum Gasteiger partial charge on any atom is 0.304 e. The van der Waals surface area contributed by atoms with Crippen molar-refractivity contribution in [2.45, 2.75) is 58.4 Å². The van der Waals surface area contributed by atoms with Gasteiger partial charge in [-0.25, -0.2) is 0 Å². The van der Waals surface area contributed by atoms with Crippen molar-refractivity contribution in [2.24, 2.45) is 23.5 Å². The molecule has 1 rings (SSSR count). The first-order valence-corrected chi connectivity index (χ1v) is 6.46. The minimum absolute atomic E-state index is 0.0938. The normalized spacial score (nSPS) is 21.4. The Morgan fingerprint density at radius 1 is 1.44 bits per heavy atom. The molecule has 1 aliphatic rings. The van der Waals surface area contributed by atoms with Gasteiger partial charge in [-0.1, -0.05) is 39.5 Å². The van der Waals surface area contributed by atoms with Gasteiger partial charge >= 0.3 is 5.97 Å². The van der Waals surface area contributed by atoms with Crippen molar-refractivity contribution in [3.63, 3.8) is 0 Å². The summed E-state index contributed by atoms with van der Waals surface area (Å²) in [4.78, 5) is 10.5. The molecular formula is C13H25NO2. The van der Waals surface area contributed by atoms with Gasteiger partial charge in [0.1, 0.15) is 0 Å². The molecule has 3 nitrogen and oxygen atoms in total. The number of carboxylic acid groups (broad SMARTS) is 1. The Bertz CT molecular complexity index is 226. The Balaban J connectivity index is 2.14. The van der Waals surface area contributed by atoms with Gasteiger partial charge in [0.15, 0.2) is 0 Å². The van der Waals surface area contributed by atoms with Gasteiger partial charge in [0.05, 0.1) is 6.42 Å². The van der Waals surface area contributed by atoms with Crippen molar-refractivity contribution in [1.82, 2.24) is 0 Å². The SMILES string of the molecule is CC(CCC1CC1)CC(C)C(N)CC(=O)O. The third-order valence-electron chi connectivity index (χ3n) is 3.68. The van der Waals surface area contributed by atoms with Crippen LogP contribution in [0.15, 0.2) is 0 Å². The van der Waals surface area contributed by atoms with Gasteiger partial charge in [0.2, 0.25) is 0 Å². The molecule has 0 aromatic carbocycles. The zero-order valence-electron chi connectivity index (χ0n) is 10.5. The summed E-state index contributed by atoms with van der Waals surface area (Å²) >= 11 is 0. The third kappa shape index (κ3) is 5.50. The fourth-order valence-electron chi connectivity index (χ4n) is 2.26. The molecule has 0 aromatic rings. The number of aliphatic carboxylic acids is 1. The Kier molecular flexibility index (Phi) is 5.26. The minimum Gasteiger partial charge on any atom is -0.481 e. The number of nitrogens with two attached hydrogens (primary N) is 1. The van der Waals surface area contributed by atoms with Gasteiger partial charge in [-0.2, -0.15) is 0 Å². The molecule has 16 heavy (non-hydrogen) atoms. The molecule has 3 atom stereocenters. The zero-order chi connectivity index (χ0) is 12.1. The fourth-order valence-corrected chi connectivity index (χ4v) is 2.26. The second kappa shape index (κ2) is 6.24. The quantitative estimate of drug-likeness (QED) is 0.670. The lowest BCUT2D eigenvalue weighted by molar-refractivity contribution is -0.137. The molecule has 1 fully saturated rings. The average Bonchev–Trinajstić information content (AvgIpc) is 2.96. The number of hydrogen-bond acceptors (Lipinski definition) is 2. The van der Waals surface area contributed by atoms with Crippen LogP contribution in [0.1, 0.15) is 52.4 Å². The summed E-state index contributed by atoms with van der Waals surface area (Å²) in [5, 5.41) is 8.67. The van der Waals surface area contributed by atoms with Crippen LogP contribution in [0.2, 0.25) is 0 Å². The molecule has 1 aliphatic carbocycles. The Morgan fingerprint density at radius 2 is 2.06 bits per heavy atom. The molecule has 0 saturated heterocycles. The highest BCUT2D eigenvalue weighted by atomic mass is 16.4. The van der Waals surface area contributed by atoms with E-state index in [1.165, 1.54) is 25.7 Å². The number of rotatable bonds is 8. The molecule has 3 unspecified atom stereocenters. The fraction of sp³-hybridized carbons (Fsp3) is 0.923. The standard InChI is InChI=1S/C13H25NO2/c1-9(3-4-11-5-6-11)7-10(2)12(14)8-13(15)16/h9-12H,3-8,14H2,1-2H3,(H,15,16). The zero-order valence-corrected chi connectivity index (χ0v) is 10.5. The van der Waals surface area contributed by atoms with E-state index in [9.17, 15) is 4.79 Å². The predicted molar refractivity (Wildman–Crippen MR) is 65.1 cm³/mol. The largest absolute Gasteiger partial charge is 0.481 e. The molecule has 94 valence electrons. The van der Waals surface area contributed by atoms with Crippen LogP contribution in [0.5, 0.6) is 0 Å². The smallest absolute Gasteiger partial charge is 0.304 e. The van der Waals surface area contributed by atoms with Crippen LogP contribution in [0, 0.1) is 17.8 Å². The maximum atomic E-state index is 10.5. The Labute approximate surface area is 98.4 Å². The topological polar surface area (TPSA) is 63.3 Å². The molecule has 0 radical (unpaired) electrons. The summed E-state index contributed by atoms with van der Waals surface area (Å²) in [5.41, 5.74) is 5.85. The van der Waals surface area contributed by atoms with Crippen molar-refractivity contribution < 1.29 is 9.90 Å². The van der Waals surface area contributed by atoms with E-state index in [4.69, 9.17) is 10.8 Å². The van der Waals surface area contributed by atoms with E-state index in [1.54, 1.807) is 0 Å². The van der Waals surface area contributed by atoms with Crippen molar-refractivity contribution >= 4 is 5.97 Å². The van der Waals surface area contributed by atoms with Crippen LogP contribution < -0.4 is 5.73 Å². The van der Waals surface area contributed by atoms with E-state index in [0.717, 1.165) is 12.3 Å².